The summed E-state index contributed by atoms with van der Waals surface area (Å²) in [6.07, 6.45) is 2.42. The Bertz CT molecular complexity index is 425. The molecule has 3 N–H and O–H groups in total. The van der Waals surface area contributed by atoms with Crippen LogP contribution in [0.1, 0.15) is 19.8 Å². The SMILES string of the molecule is CC1CC(C(=O)NCCS(C)(=O)=O)(C(N)=S)C1. The molecule has 0 saturated heterocycles. The van der Waals surface area contributed by atoms with Gasteiger partial charge >= 0.3 is 0 Å². The standard InChI is InChI=1S/C10H18N2O3S2/c1-7-5-10(6-7,8(11)16)9(13)12-3-4-17(2,14)15/h7H,3-6H2,1-2H3,(H2,11,16)(H,12,13). The number of amides is 1. The fourth-order valence-electron chi connectivity index (χ4n) is 2.15. The first-order valence-electron chi connectivity index (χ1n) is 5.43. The van der Waals surface area contributed by atoms with Gasteiger partial charge in [0, 0.05) is 12.8 Å². The summed E-state index contributed by atoms with van der Waals surface area (Å²) in [5.74, 6) is 0.116. The minimum absolute atomic E-state index is 0.0678. The first-order valence-corrected chi connectivity index (χ1v) is 7.90. The van der Waals surface area contributed by atoms with Crippen molar-refractivity contribution in [2.45, 2.75) is 19.8 Å². The van der Waals surface area contributed by atoms with Crippen molar-refractivity contribution in [2.75, 3.05) is 18.6 Å². The summed E-state index contributed by atoms with van der Waals surface area (Å²) in [7, 11) is -3.06. The van der Waals surface area contributed by atoms with Crippen molar-refractivity contribution in [2.24, 2.45) is 17.1 Å². The maximum Gasteiger partial charge on any atom is 0.233 e. The van der Waals surface area contributed by atoms with E-state index in [1.807, 2.05) is 6.92 Å². The van der Waals surface area contributed by atoms with Crippen molar-refractivity contribution < 1.29 is 13.2 Å². The van der Waals surface area contributed by atoms with Crippen molar-refractivity contribution in [3.8, 4) is 0 Å². The Labute approximate surface area is 107 Å². The minimum Gasteiger partial charge on any atom is -0.392 e. The van der Waals surface area contributed by atoms with E-state index in [2.05, 4.69) is 5.32 Å². The highest BCUT2D eigenvalue weighted by atomic mass is 32.2. The molecule has 0 heterocycles. The van der Waals surface area contributed by atoms with E-state index in [0.29, 0.717) is 18.8 Å². The van der Waals surface area contributed by atoms with Gasteiger partial charge in [0.2, 0.25) is 5.91 Å². The molecule has 0 aliphatic heterocycles. The fourth-order valence-corrected chi connectivity index (χ4v) is 2.88. The molecule has 0 radical (unpaired) electrons. The molecule has 98 valence electrons. The number of hydrogen-bond acceptors (Lipinski definition) is 4. The van der Waals surface area contributed by atoms with Crippen LogP contribution in [0.25, 0.3) is 0 Å². The number of nitrogens with two attached hydrogens (primary N) is 1. The van der Waals surface area contributed by atoms with Crippen LogP contribution >= 0.6 is 12.2 Å². The molecule has 1 saturated carbocycles. The van der Waals surface area contributed by atoms with Crippen LogP contribution in [-0.4, -0.2) is 37.9 Å². The highest BCUT2D eigenvalue weighted by Crippen LogP contribution is 2.45. The van der Waals surface area contributed by atoms with Gasteiger partial charge in [-0.3, -0.25) is 4.79 Å². The Morgan fingerprint density at radius 3 is 2.41 bits per heavy atom. The molecule has 0 atom stereocenters. The van der Waals surface area contributed by atoms with Gasteiger partial charge in [0.05, 0.1) is 16.2 Å². The zero-order chi connectivity index (χ0) is 13.3. The summed E-state index contributed by atoms with van der Waals surface area (Å²) in [5, 5.41) is 2.60. The van der Waals surface area contributed by atoms with Crippen molar-refractivity contribution in [3.05, 3.63) is 0 Å². The second-order valence-corrected chi connectivity index (χ2v) is 7.55. The molecule has 0 unspecified atom stereocenters. The first-order chi connectivity index (χ1) is 7.67. The highest BCUT2D eigenvalue weighted by Gasteiger charge is 2.50. The lowest BCUT2D eigenvalue weighted by molar-refractivity contribution is -0.132. The number of hydrogen-bond donors (Lipinski definition) is 2. The second kappa shape index (κ2) is 4.89. The van der Waals surface area contributed by atoms with Crippen molar-refractivity contribution >= 4 is 33.0 Å². The Morgan fingerprint density at radius 2 is 2.06 bits per heavy atom. The summed E-state index contributed by atoms with van der Waals surface area (Å²) in [4.78, 5) is 12.1. The number of carbonyl (C=O) groups excluding carboxylic acids is 1. The molecule has 0 bridgehead atoms. The summed E-state index contributed by atoms with van der Waals surface area (Å²) in [5.41, 5.74) is 4.85. The number of carbonyl (C=O) groups is 1. The van der Waals surface area contributed by atoms with Gasteiger partial charge in [-0.05, 0) is 18.8 Å². The lowest BCUT2D eigenvalue weighted by Crippen LogP contribution is -2.56. The van der Waals surface area contributed by atoms with Crippen molar-refractivity contribution in [3.63, 3.8) is 0 Å². The molecular formula is C10H18N2O3S2. The normalized spacial score (nSPS) is 28.2. The monoisotopic (exact) mass is 278 g/mol. The van der Waals surface area contributed by atoms with E-state index in [1.54, 1.807) is 0 Å². The summed E-state index contributed by atoms with van der Waals surface area (Å²) >= 11 is 4.93. The summed E-state index contributed by atoms with van der Waals surface area (Å²) in [6.45, 7) is 2.14. The first kappa shape index (κ1) is 14.4. The number of sulfone groups is 1. The van der Waals surface area contributed by atoms with Crippen LogP contribution in [0.15, 0.2) is 0 Å². The molecule has 5 nitrogen and oxygen atoms in total. The van der Waals surface area contributed by atoms with Gasteiger partial charge < -0.3 is 11.1 Å². The molecule has 0 aromatic heterocycles. The molecule has 17 heavy (non-hydrogen) atoms. The zero-order valence-electron chi connectivity index (χ0n) is 10.0. The number of rotatable bonds is 5. The quantitative estimate of drug-likeness (QED) is 0.683. The number of thiocarbonyl (C=S) groups is 1. The molecule has 1 rings (SSSR count). The molecule has 0 aromatic rings. The topological polar surface area (TPSA) is 89.3 Å². The van der Waals surface area contributed by atoms with Gasteiger partial charge in [-0.1, -0.05) is 19.1 Å². The molecule has 1 aliphatic rings. The van der Waals surface area contributed by atoms with Crippen molar-refractivity contribution in [1.29, 1.82) is 0 Å². The van der Waals surface area contributed by atoms with Crippen LogP contribution in [0, 0.1) is 11.3 Å². The minimum atomic E-state index is -3.06. The third-order valence-corrected chi connectivity index (χ3v) is 4.40. The van der Waals surface area contributed by atoms with Gasteiger partial charge in [-0.2, -0.15) is 0 Å². The summed E-state index contributed by atoms with van der Waals surface area (Å²) < 4.78 is 21.9. The predicted octanol–water partition coefficient (Wildman–Crippen LogP) is -0.150. The third-order valence-electron chi connectivity index (χ3n) is 3.06. The molecule has 0 aromatic carbocycles. The van der Waals surface area contributed by atoms with Crippen LogP contribution in [0.5, 0.6) is 0 Å². The average molecular weight is 278 g/mol. The van der Waals surface area contributed by atoms with E-state index in [4.69, 9.17) is 18.0 Å². The van der Waals surface area contributed by atoms with Gasteiger partial charge in [-0.15, -0.1) is 0 Å². The van der Waals surface area contributed by atoms with Gasteiger partial charge in [-0.25, -0.2) is 8.42 Å². The Kier molecular flexibility index (Phi) is 4.14. The molecule has 1 aliphatic carbocycles. The van der Waals surface area contributed by atoms with Crippen LogP contribution in [0.4, 0.5) is 0 Å². The Morgan fingerprint density at radius 1 is 1.53 bits per heavy atom. The molecule has 1 amide bonds. The largest absolute Gasteiger partial charge is 0.392 e. The molecule has 0 spiro atoms. The van der Waals surface area contributed by atoms with E-state index in [0.717, 1.165) is 6.26 Å². The van der Waals surface area contributed by atoms with Gasteiger partial charge in [0.25, 0.3) is 0 Å². The molecular weight excluding hydrogens is 260 g/mol. The van der Waals surface area contributed by atoms with Crippen LogP contribution in [-0.2, 0) is 14.6 Å². The lowest BCUT2D eigenvalue weighted by atomic mass is 9.62. The van der Waals surface area contributed by atoms with E-state index in [-0.39, 0.29) is 23.2 Å². The van der Waals surface area contributed by atoms with Gasteiger partial charge in [0.15, 0.2) is 0 Å². The maximum atomic E-state index is 11.9. The average Bonchev–Trinajstić information content (AvgIpc) is 2.09. The highest BCUT2D eigenvalue weighted by molar-refractivity contribution is 7.90. The maximum absolute atomic E-state index is 11.9. The smallest absolute Gasteiger partial charge is 0.233 e. The Balaban J connectivity index is 2.54. The van der Waals surface area contributed by atoms with Crippen molar-refractivity contribution in [1.82, 2.24) is 5.32 Å². The summed E-state index contributed by atoms with van der Waals surface area (Å²) in [6, 6.07) is 0. The molecule has 7 heteroatoms. The third kappa shape index (κ3) is 3.38. The number of nitrogens with one attached hydrogen (secondary N) is 1. The Hall–Kier alpha value is -0.690. The predicted molar refractivity (Wildman–Crippen MR) is 70.3 cm³/mol. The van der Waals surface area contributed by atoms with Gasteiger partial charge in [0.1, 0.15) is 9.84 Å². The van der Waals surface area contributed by atoms with E-state index in [9.17, 15) is 13.2 Å². The van der Waals surface area contributed by atoms with E-state index < -0.39 is 15.3 Å². The fraction of sp³-hybridized carbons (Fsp3) is 0.800. The molecule has 1 fully saturated rings. The van der Waals surface area contributed by atoms with E-state index in [1.165, 1.54) is 0 Å². The second-order valence-electron chi connectivity index (χ2n) is 4.85. The van der Waals surface area contributed by atoms with Crippen LogP contribution < -0.4 is 11.1 Å². The van der Waals surface area contributed by atoms with E-state index >= 15 is 0 Å². The zero-order valence-corrected chi connectivity index (χ0v) is 11.7. The van der Waals surface area contributed by atoms with Crippen LogP contribution in [0.2, 0.25) is 0 Å². The lowest BCUT2D eigenvalue weighted by Gasteiger charge is -2.44. The van der Waals surface area contributed by atoms with Crippen LogP contribution in [0.3, 0.4) is 0 Å².